The van der Waals surface area contributed by atoms with Crippen LogP contribution < -0.4 is 0 Å². The molecule has 0 aliphatic carbocycles. The van der Waals surface area contributed by atoms with Crippen LogP contribution in [0.3, 0.4) is 0 Å². The minimum atomic E-state index is -0.989. The maximum atomic E-state index is 15.1. The van der Waals surface area contributed by atoms with E-state index in [1.54, 1.807) is 27.7 Å². The van der Waals surface area contributed by atoms with Gasteiger partial charge in [0, 0.05) is 138 Å². The number of aromatic nitrogens is 12. The summed E-state index contributed by atoms with van der Waals surface area (Å²) < 4.78 is 14.0. The summed E-state index contributed by atoms with van der Waals surface area (Å²) in [4.78, 5) is 129. The van der Waals surface area contributed by atoms with E-state index in [2.05, 4.69) is 29.9 Å². The summed E-state index contributed by atoms with van der Waals surface area (Å²) in [6, 6.07) is 22.8. The highest BCUT2D eigenvalue weighted by atomic mass is 16.5. The Labute approximate surface area is 750 Å². The largest absolute Gasteiger partial charge is 0.481 e. The number of allylic oxidation sites excluding steroid dienone is 9. The highest BCUT2D eigenvalue weighted by Crippen LogP contribution is 2.46. The average molecular weight is 1760 g/mol. The van der Waals surface area contributed by atoms with Gasteiger partial charge in [-0.2, -0.15) is 0 Å². The number of carboxylic acid groups (broad SMARTS) is 5. The standard InChI is InChI=1S/C102H110N12O16/c1-43-61(19-25-91(118)119)81-41-84-66(24-30-96(128)130-60(18)102-54(12)76-33-69-45(3)63(21-27-93(122)123)80(105-69)40-83-65(23-29-95(126)127)47(5)72(108-83)36-86-98(56(14)116)51(9)78(111-86)38-89(102)113-76)48(6)70(106-84)34-75-53(11)101(90(114-75)42-87-99(57(15)117)49(7)73(109-87)31-67(43)103-81)59(17)129-58(16)100-52(10)74-32-68-44(2)62(20-26-92(120)121)79(104-68)39-82-64(22-28-94(124)125)46(4)71(107-82)35-85-97(55(13)115)50(8)77(110-85)37-88(100)112-74/h31-42,55-60,106-109,112-113,115-117H,19-30H2,1-18H3,(H,118,119)(H,120,121)(H,122,123)(H,124,125)(H,126,127). The zero-order chi connectivity index (χ0) is 93.5. The monoisotopic (exact) mass is 1760 g/mol. The molecule has 9 aromatic rings. The number of aliphatic hydroxyl groups excluding tert-OH is 3. The van der Waals surface area contributed by atoms with Gasteiger partial charge in [0.1, 0.15) is 6.10 Å². The number of aromatic amines is 6. The highest BCUT2D eigenvalue weighted by Gasteiger charge is 2.33. The number of nitrogens with zero attached hydrogens (tertiary/aromatic N) is 6. The van der Waals surface area contributed by atoms with Crippen LogP contribution in [0.25, 0.3) is 133 Å². The molecule has 0 amide bonds. The molecule has 9 aromatic heterocycles. The van der Waals surface area contributed by atoms with Crippen LogP contribution in [0.5, 0.6) is 0 Å². The number of ether oxygens (including phenoxy) is 2. The van der Waals surface area contributed by atoms with E-state index in [1.807, 2.05) is 170 Å². The Morgan fingerprint density at radius 2 is 0.515 bits per heavy atom. The third kappa shape index (κ3) is 17.7. The van der Waals surface area contributed by atoms with E-state index in [9.17, 15) is 64.8 Å². The van der Waals surface area contributed by atoms with E-state index in [1.165, 1.54) is 0 Å². The second-order valence-corrected chi connectivity index (χ2v) is 35.1. The molecule has 6 atom stereocenters. The summed E-state index contributed by atoms with van der Waals surface area (Å²) in [5.41, 5.74) is 31.4. The summed E-state index contributed by atoms with van der Waals surface area (Å²) in [7, 11) is 0. The van der Waals surface area contributed by atoms with Gasteiger partial charge in [-0.3, -0.25) is 28.8 Å². The lowest BCUT2D eigenvalue weighted by Gasteiger charge is -2.22. The Morgan fingerprint density at radius 3 is 0.854 bits per heavy atom. The second kappa shape index (κ2) is 36.2. The molecule has 0 spiro atoms. The lowest BCUT2D eigenvalue weighted by atomic mass is 9.99. The minimum absolute atomic E-state index is 0.113. The molecule has 0 saturated heterocycles. The third-order valence-corrected chi connectivity index (χ3v) is 26.6. The molecule has 674 valence electrons. The van der Waals surface area contributed by atoms with Crippen LogP contribution in [-0.2, 0) is 57.5 Å². The van der Waals surface area contributed by atoms with Gasteiger partial charge < -0.3 is 80.2 Å². The smallest absolute Gasteiger partial charge is 0.306 e. The first-order valence-electron chi connectivity index (χ1n) is 44.1. The van der Waals surface area contributed by atoms with Gasteiger partial charge in [0.2, 0.25) is 0 Å². The summed E-state index contributed by atoms with van der Waals surface area (Å²) in [6.07, 6.45) is -5.08. The lowest BCUT2D eigenvalue weighted by Crippen LogP contribution is -2.14. The number of esters is 1. The van der Waals surface area contributed by atoms with Gasteiger partial charge in [0.05, 0.1) is 98.8 Å². The van der Waals surface area contributed by atoms with Gasteiger partial charge in [-0.25, -0.2) is 29.9 Å². The fraction of sp³-hybridized carbons (Fsp3) is 0.353. The predicted octanol–water partition coefficient (Wildman–Crippen LogP) is 19.9. The molecule has 28 nitrogen and oxygen atoms in total. The lowest BCUT2D eigenvalue weighted by molar-refractivity contribution is -0.148. The van der Waals surface area contributed by atoms with Crippen molar-refractivity contribution in [2.75, 3.05) is 0 Å². The third-order valence-electron chi connectivity index (χ3n) is 26.6. The summed E-state index contributed by atoms with van der Waals surface area (Å²) in [5, 5.41) is 84.9. The quantitative estimate of drug-likeness (QED) is 0.0213. The van der Waals surface area contributed by atoms with Crippen molar-refractivity contribution in [2.24, 2.45) is 0 Å². The van der Waals surface area contributed by atoms with Gasteiger partial charge in [-0.1, -0.05) is 0 Å². The molecule has 0 aromatic carbocycles. The molecule has 0 radical (unpaired) electrons. The number of H-pyrrole nitrogens is 6. The van der Waals surface area contributed by atoms with Crippen molar-refractivity contribution >= 4 is 169 Å². The zero-order valence-corrected chi connectivity index (χ0v) is 76.4. The number of fused-ring (bicyclic) bond motifs is 24. The summed E-state index contributed by atoms with van der Waals surface area (Å²) in [5.74, 6) is -5.42. The van der Waals surface area contributed by atoms with Crippen LogP contribution in [0, 0.1) is 41.5 Å². The second-order valence-electron chi connectivity index (χ2n) is 35.1. The fourth-order valence-electron chi connectivity index (χ4n) is 19.7. The molecule has 28 heteroatoms. The number of aryl methyl sites for hydroxylation is 9. The van der Waals surface area contributed by atoms with E-state index >= 15 is 4.79 Å². The van der Waals surface area contributed by atoms with Crippen molar-refractivity contribution in [1.29, 1.82) is 0 Å². The number of carboxylic acids is 5. The van der Waals surface area contributed by atoms with Crippen LogP contribution in [0.1, 0.15) is 294 Å². The molecule has 24 bridgehead atoms. The van der Waals surface area contributed by atoms with Gasteiger partial charge in [0.25, 0.3) is 0 Å². The van der Waals surface area contributed by atoms with Gasteiger partial charge in [0.15, 0.2) is 0 Å². The minimum Gasteiger partial charge on any atom is -0.481 e. The maximum Gasteiger partial charge on any atom is 0.306 e. The maximum absolute atomic E-state index is 15.1. The van der Waals surface area contributed by atoms with Gasteiger partial charge in [-0.15, -0.1) is 0 Å². The van der Waals surface area contributed by atoms with E-state index in [0.717, 1.165) is 94.6 Å². The van der Waals surface area contributed by atoms with E-state index in [4.69, 9.17) is 39.4 Å². The first kappa shape index (κ1) is 91.2. The topological polar surface area (TPSA) is 455 Å². The number of rotatable bonds is 27. The molecule has 15 heterocycles. The van der Waals surface area contributed by atoms with E-state index in [-0.39, 0.29) is 77.0 Å². The fourth-order valence-corrected chi connectivity index (χ4v) is 19.7. The SMILES string of the molecule is CC1=C(CCC(=O)O)c2cc3[nH]c(cc4nc(cc5[nH]c(cc1n2)c(C)c5C(C)OC(=O)CCc1c(C)c2cc5nc(cc6[nH]c(cc7nc(cc1[nH]2)C(CCC(=O)O)=C7C)c(C)c6C(C)O)C(C(C)OC(C)c1c(C)c2cc6nc(cc7[nH]c(cc8nc(cc1[nH]2)C(C)=C8C(C)O)c(C)c7CCC(=O)O)C(CCC(=O)O)=C6C)=C5C)C(C)=C4C(C)O)c(C)c3CCC(=O)O. The van der Waals surface area contributed by atoms with Crippen molar-refractivity contribution in [2.45, 2.75) is 238 Å². The van der Waals surface area contributed by atoms with E-state index in [0.29, 0.717) is 174 Å². The van der Waals surface area contributed by atoms with Crippen molar-refractivity contribution in [3.63, 3.8) is 0 Å². The molecular weight excluding hydrogens is 1650 g/mol. The number of aliphatic hydroxyl groups is 3. The predicted molar refractivity (Wildman–Crippen MR) is 505 cm³/mol. The Bertz CT molecular complexity index is 7130. The van der Waals surface area contributed by atoms with Crippen molar-refractivity contribution in [3.05, 3.63) is 208 Å². The van der Waals surface area contributed by atoms with Gasteiger partial charge >= 0.3 is 35.8 Å². The van der Waals surface area contributed by atoms with Crippen LogP contribution in [0.2, 0.25) is 0 Å². The Balaban J connectivity index is 0.846. The highest BCUT2D eigenvalue weighted by molar-refractivity contribution is 6.01. The average Bonchev–Trinajstić information content (AvgIpc) is 1.61. The van der Waals surface area contributed by atoms with Crippen molar-refractivity contribution < 1.29 is 79.1 Å². The van der Waals surface area contributed by atoms with Crippen molar-refractivity contribution in [3.8, 4) is 0 Å². The van der Waals surface area contributed by atoms with E-state index < -0.39 is 72.4 Å². The first-order chi connectivity index (χ1) is 61.6. The van der Waals surface area contributed by atoms with Crippen LogP contribution >= 0.6 is 0 Å². The molecular formula is C102H110N12O16. The molecule has 15 rings (SSSR count). The molecule has 6 unspecified atom stereocenters. The Hall–Kier alpha value is -13.5. The molecule has 130 heavy (non-hydrogen) atoms. The number of carbonyl (C=O) groups is 6. The van der Waals surface area contributed by atoms with Crippen molar-refractivity contribution in [1.82, 2.24) is 59.8 Å². The molecule has 0 saturated carbocycles. The Morgan fingerprint density at radius 1 is 0.269 bits per heavy atom. The number of aliphatic carboxylic acids is 5. The van der Waals surface area contributed by atoms with Crippen LogP contribution in [-0.4, -0.2) is 155 Å². The van der Waals surface area contributed by atoms with Gasteiger partial charge in [-0.05, 0) is 336 Å². The summed E-state index contributed by atoms with van der Waals surface area (Å²) in [6.45, 7) is 34.0. The van der Waals surface area contributed by atoms with Crippen LogP contribution in [0.4, 0.5) is 0 Å². The molecule has 6 aliphatic heterocycles. The molecule has 6 aliphatic rings. The van der Waals surface area contributed by atoms with Crippen LogP contribution in [0.15, 0.2) is 72.8 Å². The first-order valence-corrected chi connectivity index (χ1v) is 44.1. The zero-order valence-electron chi connectivity index (χ0n) is 76.4. The normalized spacial score (nSPS) is 15.0. The Kier molecular flexibility index (Phi) is 25.4. The molecule has 14 N–H and O–H groups in total. The number of carbonyl (C=O) groups excluding carboxylic acids is 1. The molecule has 0 fully saturated rings. The number of hydrogen-bond acceptors (Lipinski definition) is 17. The number of nitrogens with one attached hydrogen (secondary N) is 6. The summed E-state index contributed by atoms with van der Waals surface area (Å²) >= 11 is 0. The number of hydrogen-bond donors (Lipinski definition) is 14.